The van der Waals surface area contributed by atoms with Crippen LogP contribution in [0.5, 0.6) is 5.75 Å². The van der Waals surface area contributed by atoms with E-state index in [-0.39, 0.29) is 11.9 Å². The van der Waals surface area contributed by atoms with Gasteiger partial charge in [0.1, 0.15) is 11.2 Å². The topological polar surface area (TPSA) is 55.8 Å². The molecule has 23 heavy (non-hydrogen) atoms. The first kappa shape index (κ1) is 15.8. The summed E-state index contributed by atoms with van der Waals surface area (Å²) in [5.74, 6) is 0.894. The summed E-state index contributed by atoms with van der Waals surface area (Å²) < 4.78 is 9.99. The second-order valence-corrected chi connectivity index (χ2v) is 6.41. The summed E-state index contributed by atoms with van der Waals surface area (Å²) >= 11 is 0. The standard InChI is InChI=1S/C18H23NO4/c1-22-15-5-3-13(4-6-15)14-7-11-19(12-8-14)16(20)18(9-10-18)17(21)23-2/h3-6,14H,7-12H2,1-2H3. The molecular formula is C18H23NO4. The number of nitrogens with zero attached hydrogens (tertiary/aromatic N) is 1. The first-order chi connectivity index (χ1) is 11.1. The number of hydrogen-bond acceptors (Lipinski definition) is 4. The Bertz CT molecular complexity index is 584. The van der Waals surface area contributed by atoms with Gasteiger partial charge in [0.05, 0.1) is 14.2 Å². The molecule has 5 nitrogen and oxygen atoms in total. The van der Waals surface area contributed by atoms with Crippen molar-refractivity contribution in [2.75, 3.05) is 27.3 Å². The minimum absolute atomic E-state index is 0.0440. The maximum Gasteiger partial charge on any atom is 0.321 e. The zero-order chi connectivity index (χ0) is 16.4. The molecule has 2 aliphatic rings. The van der Waals surface area contributed by atoms with Gasteiger partial charge in [0.2, 0.25) is 5.91 Å². The number of piperidine rings is 1. The van der Waals surface area contributed by atoms with Gasteiger partial charge in [0, 0.05) is 13.1 Å². The van der Waals surface area contributed by atoms with Crippen LogP contribution in [0, 0.1) is 5.41 Å². The van der Waals surface area contributed by atoms with Crippen molar-refractivity contribution in [1.82, 2.24) is 4.90 Å². The quantitative estimate of drug-likeness (QED) is 0.632. The van der Waals surface area contributed by atoms with Crippen molar-refractivity contribution in [1.29, 1.82) is 0 Å². The zero-order valence-corrected chi connectivity index (χ0v) is 13.7. The molecule has 0 bridgehead atoms. The summed E-state index contributed by atoms with van der Waals surface area (Å²) in [5.41, 5.74) is 0.411. The minimum atomic E-state index is -0.873. The van der Waals surface area contributed by atoms with Crippen LogP contribution in [0.3, 0.4) is 0 Å². The predicted molar refractivity (Wildman–Crippen MR) is 85.2 cm³/mol. The second kappa shape index (κ2) is 6.22. The summed E-state index contributed by atoms with van der Waals surface area (Å²) in [6.45, 7) is 1.41. The van der Waals surface area contributed by atoms with Crippen molar-refractivity contribution in [3.05, 3.63) is 29.8 Å². The van der Waals surface area contributed by atoms with Gasteiger partial charge in [0.15, 0.2) is 0 Å². The highest BCUT2D eigenvalue weighted by molar-refractivity contribution is 6.05. The van der Waals surface area contributed by atoms with Crippen LogP contribution in [-0.2, 0) is 14.3 Å². The average Bonchev–Trinajstić information content (AvgIpc) is 3.42. The van der Waals surface area contributed by atoms with E-state index in [0.717, 1.165) is 18.6 Å². The van der Waals surface area contributed by atoms with Crippen LogP contribution in [0.15, 0.2) is 24.3 Å². The maximum atomic E-state index is 12.6. The molecule has 0 radical (unpaired) electrons. The van der Waals surface area contributed by atoms with Crippen molar-refractivity contribution in [2.24, 2.45) is 5.41 Å². The van der Waals surface area contributed by atoms with Gasteiger partial charge in [-0.05, 0) is 49.3 Å². The van der Waals surface area contributed by atoms with E-state index < -0.39 is 5.41 Å². The highest BCUT2D eigenvalue weighted by Crippen LogP contribution is 2.49. The molecule has 0 spiro atoms. The Kier molecular flexibility index (Phi) is 4.28. The molecule has 0 unspecified atom stereocenters. The number of likely N-dealkylation sites (tertiary alicyclic amines) is 1. The average molecular weight is 317 g/mol. The summed E-state index contributed by atoms with van der Waals surface area (Å²) in [6, 6.07) is 8.14. The lowest BCUT2D eigenvalue weighted by Crippen LogP contribution is -2.45. The Balaban J connectivity index is 1.60. The van der Waals surface area contributed by atoms with E-state index in [1.165, 1.54) is 12.7 Å². The number of benzene rings is 1. The second-order valence-electron chi connectivity index (χ2n) is 6.41. The van der Waals surface area contributed by atoms with Crippen LogP contribution < -0.4 is 4.74 Å². The molecule has 2 fully saturated rings. The third kappa shape index (κ3) is 2.92. The Morgan fingerprint density at radius 1 is 1.09 bits per heavy atom. The fourth-order valence-corrected chi connectivity index (χ4v) is 3.42. The normalized spacial score (nSPS) is 20.0. The lowest BCUT2D eigenvalue weighted by Gasteiger charge is -2.34. The number of esters is 1. The molecule has 5 heteroatoms. The van der Waals surface area contributed by atoms with E-state index in [2.05, 4.69) is 12.1 Å². The van der Waals surface area contributed by atoms with E-state index in [4.69, 9.17) is 9.47 Å². The number of methoxy groups -OCH3 is 2. The number of hydrogen-bond donors (Lipinski definition) is 0. The fourth-order valence-electron chi connectivity index (χ4n) is 3.42. The van der Waals surface area contributed by atoms with E-state index in [1.54, 1.807) is 7.11 Å². The number of ether oxygens (including phenoxy) is 2. The summed E-state index contributed by atoms with van der Waals surface area (Å²) in [7, 11) is 3.01. The van der Waals surface area contributed by atoms with E-state index in [0.29, 0.717) is 31.8 Å². The Morgan fingerprint density at radius 3 is 2.17 bits per heavy atom. The predicted octanol–water partition coefficient (Wildman–Crippen LogP) is 2.35. The highest BCUT2D eigenvalue weighted by Gasteiger charge is 2.59. The molecule has 0 N–H and O–H groups in total. The summed E-state index contributed by atoms with van der Waals surface area (Å²) in [6.07, 6.45) is 3.10. The van der Waals surface area contributed by atoms with Crippen molar-refractivity contribution in [3.8, 4) is 5.75 Å². The van der Waals surface area contributed by atoms with Gasteiger partial charge < -0.3 is 14.4 Å². The third-order valence-electron chi connectivity index (χ3n) is 5.10. The van der Waals surface area contributed by atoms with Crippen LogP contribution >= 0.6 is 0 Å². The first-order valence-corrected chi connectivity index (χ1v) is 8.12. The summed E-state index contributed by atoms with van der Waals surface area (Å²) in [5, 5.41) is 0. The minimum Gasteiger partial charge on any atom is -0.497 e. The van der Waals surface area contributed by atoms with Crippen LogP contribution in [-0.4, -0.2) is 44.1 Å². The zero-order valence-electron chi connectivity index (χ0n) is 13.7. The van der Waals surface area contributed by atoms with Gasteiger partial charge in [0.25, 0.3) is 0 Å². The molecule has 124 valence electrons. The van der Waals surface area contributed by atoms with Gasteiger partial charge in [-0.25, -0.2) is 0 Å². The third-order valence-corrected chi connectivity index (χ3v) is 5.10. The van der Waals surface area contributed by atoms with Gasteiger partial charge >= 0.3 is 5.97 Å². The lowest BCUT2D eigenvalue weighted by molar-refractivity contribution is -0.156. The van der Waals surface area contributed by atoms with Crippen LogP contribution in [0.2, 0.25) is 0 Å². The molecule has 1 saturated heterocycles. The number of rotatable bonds is 4. The van der Waals surface area contributed by atoms with E-state index in [1.807, 2.05) is 17.0 Å². The number of amides is 1. The van der Waals surface area contributed by atoms with Crippen LogP contribution in [0.4, 0.5) is 0 Å². The van der Waals surface area contributed by atoms with Crippen molar-refractivity contribution in [3.63, 3.8) is 0 Å². The molecule has 1 amide bonds. The van der Waals surface area contributed by atoms with Gasteiger partial charge in [-0.1, -0.05) is 12.1 Å². The maximum absolute atomic E-state index is 12.6. The molecular weight excluding hydrogens is 294 g/mol. The Labute approximate surface area is 136 Å². The molecule has 1 aromatic rings. The molecule has 1 aliphatic heterocycles. The smallest absolute Gasteiger partial charge is 0.321 e. The molecule has 1 saturated carbocycles. The first-order valence-electron chi connectivity index (χ1n) is 8.12. The Morgan fingerprint density at radius 2 is 1.70 bits per heavy atom. The highest BCUT2D eigenvalue weighted by atomic mass is 16.5. The summed E-state index contributed by atoms with van der Waals surface area (Å²) in [4.78, 5) is 26.3. The van der Waals surface area contributed by atoms with Gasteiger partial charge in [-0.3, -0.25) is 9.59 Å². The SMILES string of the molecule is COC(=O)C1(C(=O)N2CCC(c3ccc(OC)cc3)CC2)CC1. The van der Waals surface area contributed by atoms with Crippen molar-refractivity contribution >= 4 is 11.9 Å². The fraction of sp³-hybridized carbons (Fsp3) is 0.556. The molecule has 0 aromatic heterocycles. The molecule has 1 heterocycles. The molecule has 0 atom stereocenters. The molecule has 1 aliphatic carbocycles. The van der Waals surface area contributed by atoms with Gasteiger partial charge in [-0.2, -0.15) is 0 Å². The van der Waals surface area contributed by atoms with Crippen LogP contribution in [0.25, 0.3) is 0 Å². The molecule has 3 rings (SSSR count). The largest absolute Gasteiger partial charge is 0.497 e. The van der Waals surface area contributed by atoms with Gasteiger partial charge in [-0.15, -0.1) is 0 Å². The van der Waals surface area contributed by atoms with E-state index in [9.17, 15) is 9.59 Å². The van der Waals surface area contributed by atoms with Crippen LogP contribution in [0.1, 0.15) is 37.2 Å². The monoisotopic (exact) mass is 317 g/mol. The van der Waals surface area contributed by atoms with Crippen molar-refractivity contribution in [2.45, 2.75) is 31.6 Å². The van der Waals surface area contributed by atoms with E-state index >= 15 is 0 Å². The molecule has 1 aromatic carbocycles. The number of carbonyl (C=O) groups is 2. The number of carbonyl (C=O) groups excluding carboxylic acids is 2. The van der Waals surface area contributed by atoms with Crippen molar-refractivity contribution < 1.29 is 19.1 Å². The Hall–Kier alpha value is -2.04. The lowest BCUT2D eigenvalue weighted by atomic mass is 9.88.